The van der Waals surface area contributed by atoms with Crippen molar-refractivity contribution < 1.29 is 4.74 Å². The van der Waals surface area contributed by atoms with Crippen LogP contribution in [0.15, 0.2) is 35.7 Å². The van der Waals surface area contributed by atoms with E-state index in [2.05, 4.69) is 24.4 Å². The van der Waals surface area contributed by atoms with Gasteiger partial charge in [-0.2, -0.15) is 0 Å². The van der Waals surface area contributed by atoms with Gasteiger partial charge in [0.15, 0.2) is 0 Å². The molecule has 2 aromatic rings. The van der Waals surface area contributed by atoms with Crippen LogP contribution in [0.2, 0.25) is 5.02 Å². The molecule has 1 atom stereocenters. The molecule has 1 heterocycles. The van der Waals surface area contributed by atoms with Crippen molar-refractivity contribution in [2.75, 3.05) is 6.54 Å². The van der Waals surface area contributed by atoms with E-state index in [1.165, 1.54) is 5.56 Å². The maximum atomic E-state index is 6.27. The molecular weight excluding hydrogens is 290 g/mol. The van der Waals surface area contributed by atoms with Gasteiger partial charge >= 0.3 is 0 Å². The molecule has 0 radical (unpaired) electrons. The highest BCUT2D eigenvalue weighted by molar-refractivity contribution is 7.10. The first-order chi connectivity index (χ1) is 9.61. The van der Waals surface area contributed by atoms with E-state index in [0.717, 1.165) is 22.2 Å². The molecule has 0 fully saturated rings. The molecule has 0 spiro atoms. The van der Waals surface area contributed by atoms with E-state index in [0.29, 0.717) is 0 Å². The number of rotatable bonds is 6. The highest BCUT2D eigenvalue weighted by atomic mass is 35.5. The van der Waals surface area contributed by atoms with Gasteiger partial charge in [-0.25, -0.2) is 0 Å². The highest BCUT2D eigenvalue weighted by Crippen LogP contribution is 2.33. The third-order valence-electron chi connectivity index (χ3n) is 2.90. The first-order valence-corrected chi connectivity index (χ1v) is 8.10. The lowest BCUT2D eigenvalue weighted by atomic mass is 10.1. The van der Waals surface area contributed by atoms with Gasteiger partial charge in [0, 0.05) is 4.88 Å². The second-order valence-corrected chi connectivity index (χ2v) is 6.21. The Balaban J connectivity index is 2.24. The zero-order chi connectivity index (χ0) is 14.5. The molecule has 1 unspecified atom stereocenters. The molecule has 0 aliphatic carbocycles. The highest BCUT2D eigenvalue weighted by Gasteiger charge is 2.17. The van der Waals surface area contributed by atoms with Gasteiger partial charge in [0.25, 0.3) is 0 Å². The summed E-state index contributed by atoms with van der Waals surface area (Å²) >= 11 is 7.95. The van der Waals surface area contributed by atoms with E-state index in [1.807, 2.05) is 37.4 Å². The van der Waals surface area contributed by atoms with Crippen molar-refractivity contribution in [2.45, 2.75) is 32.9 Å². The lowest BCUT2D eigenvalue weighted by molar-refractivity contribution is 0.242. The Hall–Kier alpha value is -1.03. The fourth-order valence-corrected chi connectivity index (χ4v) is 3.36. The van der Waals surface area contributed by atoms with Crippen molar-refractivity contribution in [3.8, 4) is 5.75 Å². The second kappa shape index (κ2) is 7.11. The fraction of sp³-hybridized carbons (Fsp3) is 0.375. The van der Waals surface area contributed by atoms with Crippen LogP contribution in [-0.2, 0) is 0 Å². The number of nitrogens with one attached hydrogen (secondary N) is 1. The maximum absolute atomic E-state index is 6.27. The van der Waals surface area contributed by atoms with Gasteiger partial charge in [0.2, 0.25) is 0 Å². The number of hydrogen-bond acceptors (Lipinski definition) is 3. The molecule has 2 rings (SSSR count). The summed E-state index contributed by atoms with van der Waals surface area (Å²) in [7, 11) is 0. The standard InChI is InChI=1S/C16H20ClNOS/c1-4-18-15(16-14(17)9-10-20-16)12-5-7-13(8-6-12)19-11(2)3/h5-11,15,18H,4H2,1-3H3. The van der Waals surface area contributed by atoms with Gasteiger partial charge in [0.05, 0.1) is 17.2 Å². The van der Waals surface area contributed by atoms with Crippen LogP contribution in [-0.4, -0.2) is 12.6 Å². The molecule has 1 N–H and O–H groups in total. The molecule has 0 bridgehead atoms. The summed E-state index contributed by atoms with van der Waals surface area (Å²) in [4.78, 5) is 1.16. The van der Waals surface area contributed by atoms with Gasteiger partial charge in [-0.15, -0.1) is 11.3 Å². The summed E-state index contributed by atoms with van der Waals surface area (Å²) in [5, 5.41) is 6.34. The molecule has 108 valence electrons. The minimum absolute atomic E-state index is 0.139. The number of ether oxygens (including phenoxy) is 1. The molecule has 2 nitrogen and oxygen atoms in total. The summed E-state index contributed by atoms with van der Waals surface area (Å²) < 4.78 is 5.68. The van der Waals surface area contributed by atoms with Crippen LogP contribution < -0.4 is 10.1 Å². The smallest absolute Gasteiger partial charge is 0.119 e. The third kappa shape index (κ3) is 3.75. The lowest BCUT2D eigenvalue weighted by Gasteiger charge is -2.18. The Morgan fingerprint density at radius 3 is 2.40 bits per heavy atom. The Labute approximate surface area is 129 Å². The second-order valence-electron chi connectivity index (χ2n) is 4.86. The van der Waals surface area contributed by atoms with E-state index < -0.39 is 0 Å². The van der Waals surface area contributed by atoms with Gasteiger partial charge in [-0.1, -0.05) is 30.7 Å². The molecule has 0 saturated carbocycles. The van der Waals surface area contributed by atoms with E-state index >= 15 is 0 Å². The summed E-state index contributed by atoms with van der Waals surface area (Å²) in [6.45, 7) is 7.05. The molecule has 0 saturated heterocycles. The van der Waals surface area contributed by atoms with Gasteiger partial charge in [-0.3, -0.25) is 0 Å². The van der Waals surface area contributed by atoms with Crippen molar-refractivity contribution in [1.82, 2.24) is 5.32 Å². The van der Waals surface area contributed by atoms with Crippen LogP contribution in [0.4, 0.5) is 0 Å². The van der Waals surface area contributed by atoms with Crippen LogP contribution in [0.25, 0.3) is 0 Å². The van der Waals surface area contributed by atoms with E-state index in [9.17, 15) is 0 Å². The largest absolute Gasteiger partial charge is 0.491 e. The Morgan fingerprint density at radius 1 is 1.20 bits per heavy atom. The molecule has 1 aromatic carbocycles. The molecular formula is C16H20ClNOS. The molecule has 0 aliphatic heterocycles. The van der Waals surface area contributed by atoms with Crippen molar-refractivity contribution in [1.29, 1.82) is 0 Å². The van der Waals surface area contributed by atoms with Crippen molar-refractivity contribution in [2.24, 2.45) is 0 Å². The van der Waals surface area contributed by atoms with E-state index in [4.69, 9.17) is 16.3 Å². The Bertz CT molecular complexity index is 536. The van der Waals surface area contributed by atoms with Crippen LogP contribution in [0.3, 0.4) is 0 Å². The topological polar surface area (TPSA) is 21.3 Å². The van der Waals surface area contributed by atoms with Gasteiger partial charge in [-0.05, 0) is 49.5 Å². The first kappa shape index (κ1) is 15.4. The van der Waals surface area contributed by atoms with Crippen LogP contribution >= 0.6 is 22.9 Å². The summed E-state index contributed by atoms with van der Waals surface area (Å²) in [6.07, 6.45) is 0.192. The summed E-state index contributed by atoms with van der Waals surface area (Å²) in [6, 6.07) is 10.3. The monoisotopic (exact) mass is 309 g/mol. The minimum atomic E-state index is 0.139. The van der Waals surface area contributed by atoms with Gasteiger partial charge < -0.3 is 10.1 Å². The molecule has 1 aromatic heterocycles. The molecule has 20 heavy (non-hydrogen) atoms. The van der Waals surface area contributed by atoms with Crippen molar-refractivity contribution >= 4 is 22.9 Å². The molecule has 0 aliphatic rings. The number of benzene rings is 1. The van der Waals surface area contributed by atoms with Crippen molar-refractivity contribution in [3.05, 3.63) is 51.2 Å². The zero-order valence-corrected chi connectivity index (χ0v) is 13.6. The number of halogens is 1. The average molecular weight is 310 g/mol. The van der Waals surface area contributed by atoms with Crippen LogP contribution in [0.5, 0.6) is 5.75 Å². The average Bonchev–Trinajstić information content (AvgIpc) is 2.83. The fourth-order valence-electron chi connectivity index (χ4n) is 2.09. The van der Waals surface area contributed by atoms with E-state index in [1.54, 1.807) is 11.3 Å². The summed E-state index contributed by atoms with van der Waals surface area (Å²) in [5.74, 6) is 0.899. The number of thiophene rings is 1. The summed E-state index contributed by atoms with van der Waals surface area (Å²) in [5.41, 5.74) is 1.20. The van der Waals surface area contributed by atoms with Crippen LogP contribution in [0, 0.1) is 0 Å². The zero-order valence-electron chi connectivity index (χ0n) is 12.0. The van der Waals surface area contributed by atoms with Gasteiger partial charge in [0.1, 0.15) is 5.75 Å². The minimum Gasteiger partial charge on any atom is -0.491 e. The molecule has 4 heteroatoms. The first-order valence-electron chi connectivity index (χ1n) is 6.84. The predicted molar refractivity (Wildman–Crippen MR) is 87.1 cm³/mol. The Kier molecular flexibility index (Phi) is 5.46. The SMILES string of the molecule is CCNC(c1ccc(OC(C)C)cc1)c1sccc1Cl. The number of hydrogen-bond donors (Lipinski definition) is 1. The third-order valence-corrected chi connectivity index (χ3v) is 4.32. The van der Waals surface area contributed by atoms with Crippen LogP contribution in [0.1, 0.15) is 37.3 Å². The maximum Gasteiger partial charge on any atom is 0.119 e. The Morgan fingerprint density at radius 2 is 1.90 bits per heavy atom. The quantitative estimate of drug-likeness (QED) is 0.820. The predicted octanol–water partition coefficient (Wildman–Crippen LogP) is 4.89. The lowest BCUT2D eigenvalue weighted by Crippen LogP contribution is -2.21. The normalized spacial score (nSPS) is 12.7. The van der Waals surface area contributed by atoms with E-state index in [-0.39, 0.29) is 12.1 Å². The molecule has 0 amide bonds. The van der Waals surface area contributed by atoms with Crippen molar-refractivity contribution in [3.63, 3.8) is 0 Å².